The molecule has 0 saturated carbocycles. The van der Waals surface area contributed by atoms with Crippen LogP contribution in [0.5, 0.6) is 0 Å². The van der Waals surface area contributed by atoms with Crippen LogP contribution in [0.1, 0.15) is 0 Å². The molecule has 0 aliphatic heterocycles. The van der Waals surface area contributed by atoms with Crippen molar-refractivity contribution in [2.45, 2.75) is 0 Å². The lowest BCUT2D eigenvalue weighted by Crippen LogP contribution is -2.35. The number of carbonyl (C=O) groups is 2. The van der Waals surface area contributed by atoms with E-state index >= 15 is 0 Å². The quantitative estimate of drug-likeness (QED) is 0.846. The number of hydrogen-bond donors (Lipinski definition) is 2. The highest BCUT2D eigenvalue weighted by Gasteiger charge is 2.13. The maximum Gasteiger partial charge on any atom is 0.313 e. The zero-order valence-corrected chi connectivity index (χ0v) is 12.1. The first-order valence-electron chi connectivity index (χ1n) is 5.83. The molecule has 0 aliphatic carbocycles. The van der Waals surface area contributed by atoms with E-state index < -0.39 is 11.8 Å². The van der Waals surface area contributed by atoms with Crippen LogP contribution in [0.25, 0.3) is 10.9 Å². The van der Waals surface area contributed by atoms with Crippen molar-refractivity contribution in [3.8, 4) is 0 Å². The van der Waals surface area contributed by atoms with E-state index in [0.717, 1.165) is 10.9 Å². The van der Waals surface area contributed by atoms with E-state index in [-0.39, 0.29) is 6.54 Å². The van der Waals surface area contributed by atoms with Crippen molar-refractivity contribution in [1.82, 2.24) is 10.3 Å². The van der Waals surface area contributed by atoms with Gasteiger partial charge in [0.25, 0.3) is 0 Å². The molecule has 0 spiro atoms. The van der Waals surface area contributed by atoms with E-state index in [1.54, 1.807) is 24.4 Å². The molecule has 0 saturated heterocycles. The molecule has 20 heavy (non-hydrogen) atoms. The topological polar surface area (TPSA) is 71.1 Å². The van der Waals surface area contributed by atoms with Gasteiger partial charge in [-0.05, 0) is 24.3 Å². The molecule has 1 aromatic heterocycles. The maximum absolute atomic E-state index is 11.7. The molecular weight excluding hydrogens is 322 g/mol. The number of pyridine rings is 1. The van der Waals surface area contributed by atoms with Gasteiger partial charge in [0, 0.05) is 28.3 Å². The van der Waals surface area contributed by atoms with Gasteiger partial charge in [-0.25, -0.2) is 0 Å². The molecule has 0 radical (unpaired) electrons. The number of hydrogen-bond acceptors (Lipinski definition) is 3. The fourth-order valence-electron chi connectivity index (χ4n) is 1.60. The summed E-state index contributed by atoms with van der Waals surface area (Å²) in [6.07, 6.45) is 1.70. The van der Waals surface area contributed by atoms with Gasteiger partial charge in [-0.3, -0.25) is 14.6 Å². The largest absolute Gasteiger partial charge is 0.343 e. The lowest BCUT2D eigenvalue weighted by Gasteiger charge is -2.06. The highest BCUT2D eigenvalue weighted by molar-refractivity contribution is 9.11. The van der Waals surface area contributed by atoms with Crippen molar-refractivity contribution >= 4 is 44.3 Å². The third-order valence-corrected chi connectivity index (χ3v) is 2.79. The van der Waals surface area contributed by atoms with Gasteiger partial charge >= 0.3 is 11.8 Å². The number of anilines is 1. The minimum Gasteiger partial charge on any atom is -0.343 e. The molecule has 0 aliphatic rings. The zero-order valence-electron chi connectivity index (χ0n) is 10.5. The Morgan fingerprint density at radius 3 is 2.80 bits per heavy atom. The van der Waals surface area contributed by atoms with E-state index in [9.17, 15) is 9.59 Å². The van der Waals surface area contributed by atoms with Crippen molar-refractivity contribution in [2.24, 2.45) is 0 Å². The first kappa shape index (κ1) is 14.2. The average Bonchev–Trinajstić information content (AvgIpc) is 2.44. The van der Waals surface area contributed by atoms with Gasteiger partial charge in [0.05, 0.1) is 5.52 Å². The monoisotopic (exact) mass is 333 g/mol. The Balaban J connectivity index is 2.05. The highest BCUT2D eigenvalue weighted by Crippen LogP contribution is 2.16. The van der Waals surface area contributed by atoms with E-state index in [2.05, 4.69) is 38.1 Å². The number of rotatable bonds is 3. The second-order valence-corrected chi connectivity index (χ2v) is 5.19. The Kier molecular flexibility index (Phi) is 4.47. The third-order valence-electron chi connectivity index (χ3n) is 2.51. The summed E-state index contributed by atoms with van der Waals surface area (Å²) in [5.41, 5.74) is 1.37. The fraction of sp³-hybridized carbons (Fsp3) is 0.0714. The van der Waals surface area contributed by atoms with Crippen molar-refractivity contribution < 1.29 is 9.59 Å². The summed E-state index contributed by atoms with van der Waals surface area (Å²) in [6, 6.07) is 8.93. The molecule has 0 unspecified atom stereocenters. The van der Waals surface area contributed by atoms with Gasteiger partial charge in [-0.2, -0.15) is 0 Å². The van der Waals surface area contributed by atoms with Gasteiger partial charge < -0.3 is 10.6 Å². The number of nitrogens with zero attached hydrogens (tertiary/aromatic N) is 1. The SMILES string of the molecule is C=C(Br)CNC(=O)C(=O)Nc1ccc2ncccc2c1. The minimum atomic E-state index is -0.720. The molecule has 0 fully saturated rings. The molecule has 102 valence electrons. The number of nitrogens with one attached hydrogen (secondary N) is 2. The number of amides is 2. The van der Waals surface area contributed by atoms with E-state index in [4.69, 9.17) is 0 Å². The lowest BCUT2D eigenvalue weighted by molar-refractivity contribution is -0.136. The Morgan fingerprint density at radius 1 is 1.25 bits per heavy atom. The van der Waals surface area contributed by atoms with Crippen molar-refractivity contribution in [3.63, 3.8) is 0 Å². The Labute approximate surface area is 124 Å². The summed E-state index contributed by atoms with van der Waals surface area (Å²) >= 11 is 3.10. The lowest BCUT2D eigenvalue weighted by atomic mass is 10.2. The smallest absolute Gasteiger partial charge is 0.313 e. The van der Waals surface area contributed by atoms with Crippen LogP contribution in [0.4, 0.5) is 5.69 Å². The normalized spacial score (nSPS) is 10.1. The Morgan fingerprint density at radius 2 is 2.05 bits per heavy atom. The van der Waals surface area contributed by atoms with Crippen LogP contribution in [0.3, 0.4) is 0 Å². The predicted molar refractivity (Wildman–Crippen MR) is 81.4 cm³/mol. The second-order valence-electron chi connectivity index (χ2n) is 4.06. The van der Waals surface area contributed by atoms with Crippen molar-refractivity contribution in [1.29, 1.82) is 0 Å². The summed E-state index contributed by atoms with van der Waals surface area (Å²) in [6.45, 7) is 3.77. The number of carbonyl (C=O) groups excluding carboxylic acids is 2. The third kappa shape index (κ3) is 3.64. The maximum atomic E-state index is 11.7. The van der Waals surface area contributed by atoms with Crippen LogP contribution in [0.15, 0.2) is 47.6 Å². The van der Waals surface area contributed by atoms with Gasteiger partial charge in [-0.1, -0.05) is 28.6 Å². The Bertz CT molecular complexity index is 685. The van der Waals surface area contributed by atoms with Gasteiger partial charge in [0.2, 0.25) is 0 Å². The summed E-state index contributed by atoms with van der Waals surface area (Å²) in [7, 11) is 0. The van der Waals surface area contributed by atoms with E-state index in [0.29, 0.717) is 10.2 Å². The first-order chi connectivity index (χ1) is 9.56. The molecule has 2 rings (SSSR count). The van der Waals surface area contributed by atoms with Gasteiger partial charge in [0.1, 0.15) is 0 Å². The molecule has 2 amide bonds. The predicted octanol–water partition coefficient (Wildman–Crippen LogP) is 2.20. The van der Waals surface area contributed by atoms with Crippen molar-refractivity contribution in [3.05, 3.63) is 47.6 Å². The molecule has 1 heterocycles. The minimum absolute atomic E-state index is 0.202. The van der Waals surface area contributed by atoms with Crippen LogP contribution in [-0.2, 0) is 9.59 Å². The van der Waals surface area contributed by atoms with Crippen LogP contribution < -0.4 is 10.6 Å². The molecule has 2 aromatic rings. The number of aromatic nitrogens is 1. The summed E-state index contributed by atoms with van der Waals surface area (Å²) < 4.78 is 0.593. The van der Waals surface area contributed by atoms with Gasteiger partial charge in [0.15, 0.2) is 0 Å². The second kappa shape index (κ2) is 6.29. The van der Waals surface area contributed by atoms with E-state index in [1.807, 2.05) is 12.1 Å². The molecular formula is C14H12BrN3O2. The van der Waals surface area contributed by atoms with E-state index in [1.165, 1.54) is 0 Å². The standard InChI is InChI=1S/C14H12BrN3O2/c1-9(15)8-17-13(19)14(20)18-11-4-5-12-10(7-11)3-2-6-16-12/h2-7H,1,8H2,(H,17,19)(H,18,20). The molecule has 6 heteroatoms. The van der Waals surface area contributed by atoms with Crippen LogP contribution in [-0.4, -0.2) is 23.3 Å². The summed E-state index contributed by atoms with van der Waals surface area (Å²) in [4.78, 5) is 27.4. The first-order valence-corrected chi connectivity index (χ1v) is 6.63. The van der Waals surface area contributed by atoms with Crippen molar-refractivity contribution in [2.75, 3.05) is 11.9 Å². The number of halogens is 1. The highest BCUT2D eigenvalue weighted by atomic mass is 79.9. The summed E-state index contributed by atoms with van der Waals surface area (Å²) in [5, 5.41) is 5.85. The van der Waals surface area contributed by atoms with Gasteiger partial charge in [-0.15, -0.1) is 0 Å². The zero-order chi connectivity index (χ0) is 14.5. The average molecular weight is 334 g/mol. The molecule has 1 aromatic carbocycles. The summed E-state index contributed by atoms with van der Waals surface area (Å²) in [5.74, 6) is -1.43. The molecule has 0 bridgehead atoms. The number of fused-ring (bicyclic) bond motifs is 1. The molecule has 5 nitrogen and oxygen atoms in total. The van der Waals surface area contributed by atoms with Crippen LogP contribution in [0, 0.1) is 0 Å². The Hall–Kier alpha value is -2.21. The molecule has 2 N–H and O–H groups in total. The molecule has 0 atom stereocenters. The number of benzene rings is 1. The van der Waals surface area contributed by atoms with Crippen LogP contribution >= 0.6 is 15.9 Å². The van der Waals surface area contributed by atoms with Crippen LogP contribution in [0.2, 0.25) is 0 Å². The fourth-order valence-corrected chi connectivity index (χ4v) is 1.74.